The zero-order valence-corrected chi connectivity index (χ0v) is 12.9. The Balaban J connectivity index is 2.91. The van der Waals surface area contributed by atoms with E-state index in [4.69, 9.17) is 34.8 Å². The van der Waals surface area contributed by atoms with Crippen molar-refractivity contribution in [2.24, 2.45) is 5.92 Å². The van der Waals surface area contributed by atoms with E-state index in [-0.39, 0.29) is 18.7 Å². The molecular weight excluding hydrogens is 293 g/mol. The van der Waals surface area contributed by atoms with Gasteiger partial charge in [-0.1, -0.05) is 54.7 Å². The van der Waals surface area contributed by atoms with Gasteiger partial charge in [0.1, 0.15) is 0 Å². The summed E-state index contributed by atoms with van der Waals surface area (Å²) in [7, 11) is 0. The molecule has 0 aromatic heterocycles. The Labute approximate surface area is 123 Å². The van der Waals surface area contributed by atoms with E-state index in [0.717, 1.165) is 5.56 Å². The molecule has 1 aromatic carbocycles. The maximum absolute atomic E-state index is 9.32. The molecular formula is C13H18Cl3NO. The zero-order chi connectivity index (χ0) is 13.9. The van der Waals surface area contributed by atoms with Crippen LogP contribution in [0.1, 0.15) is 32.4 Å². The minimum Gasteiger partial charge on any atom is -0.395 e. The van der Waals surface area contributed by atoms with Gasteiger partial charge in [-0.05, 0) is 24.5 Å². The normalized spacial score (nSPS) is 14.9. The van der Waals surface area contributed by atoms with Crippen LogP contribution in [0.2, 0.25) is 15.1 Å². The number of halogens is 3. The molecule has 0 fully saturated rings. The summed E-state index contributed by atoms with van der Waals surface area (Å²) in [5.74, 6) is 0.332. The fourth-order valence-corrected chi connectivity index (χ4v) is 2.45. The number of rotatable bonds is 5. The summed E-state index contributed by atoms with van der Waals surface area (Å²) in [4.78, 5) is 0. The highest BCUT2D eigenvalue weighted by Gasteiger charge is 2.19. The molecule has 0 saturated heterocycles. The van der Waals surface area contributed by atoms with Gasteiger partial charge in [-0.2, -0.15) is 0 Å². The number of aliphatic hydroxyl groups excluding tert-OH is 1. The molecule has 2 nitrogen and oxygen atoms in total. The SMILES string of the molecule is CC(NC(CO)C(C)C)c1ccc(Cl)c(Cl)c1Cl. The van der Waals surface area contributed by atoms with E-state index < -0.39 is 0 Å². The lowest BCUT2D eigenvalue weighted by Gasteiger charge is -2.25. The van der Waals surface area contributed by atoms with Gasteiger partial charge in [0, 0.05) is 12.1 Å². The lowest BCUT2D eigenvalue weighted by molar-refractivity contribution is 0.201. The topological polar surface area (TPSA) is 32.3 Å². The smallest absolute Gasteiger partial charge is 0.0781 e. The van der Waals surface area contributed by atoms with Gasteiger partial charge in [0.25, 0.3) is 0 Å². The summed E-state index contributed by atoms with van der Waals surface area (Å²) in [5.41, 5.74) is 0.880. The third-order valence-corrected chi connectivity index (χ3v) is 4.31. The van der Waals surface area contributed by atoms with Crippen molar-refractivity contribution in [1.82, 2.24) is 5.32 Å². The Morgan fingerprint density at radius 2 is 1.72 bits per heavy atom. The molecule has 1 aromatic rings. The monoisotopic (exact) mass is 309 g/mol. The van der Waals surface area contributed by atoms with Crippen LogP contribution in [0.25, 0.3) is 0 Å². The molecule has 2 unspecified atom stereocenters. The molecule has 2 atom stereocenters. The molecule has 0 radical (unpaired) electrons. The minimum atomic E-state index is -0.00758. The van der Waals surface area contributed by atoms with Gasteiger partial charge in [-0.15, -0.1) is 0 Å². The van der Waals surface area contributed by atoms with Crippen LogP contribution < -0.4 is 5.32 Å². The Bertz CT molecular complexity index is 409. The van der Waals surface area contributed by atoms with Crippen LogP contribution in [0.3, 0.4) is 0 Å². The van der Waals surface area contributed by atoms with Gasteiger partial charge in [0.15, 0.2) is 0 Å². The molecule has 5 heteroatoms. The summed E-state index contributed by atoms with van der Waals surface area (Å²) in [6.07, 6.45) is 0. The van der Waals surface area contributed by atoms with Crippen molar-refractivity contribution in [2.45, 2.75) is 32.9 Å². The largest absolute Gasteiger partial charge is 0.395 e. The highest BCUT2D eigenvalue weighted by molar-refractivity contribution is 6.48. The van der Waals surface area contributed by atoms with Crippen LogP contribution in [0, 0.1) is 5.92 Å². The Hall–Kier alpha value is 0.01000. The van der Waals surface area contributed by atoms with Crippen molar-refractivity contribution in [3.8, 4) is 0 Å². The third-order valence-electron chi connectivity index (χ3n) is 3.00. The highest BCUT2D eigenvalue weighted by Crippen LogP contribution is 2.35. The standard InChI is InChI=1S/C13H18Cl3NO/c1-7(2)11(6-18)17-8(3)9-4-5-10(14)13(16)12(9)15/h4-5,7-8,11,17-18H,6H2,1-3H3. The van der Waals surface area contributed by atoms with Crippen LogP contribution in [0.5, 0.6) is 0 Å². The quantitative estimate of drug-likeness (QED) is 0.794. The van der Waals surface area contributed by atoms with E-state index in [0.29, 0.717) is 21.0 Å². The fourth-order valence-electron chi connectivity index (χ4n) is 1.74. The van der Waals surface area contributed by atoms with Crippen LogP contribution in [0.4, 0.5) is 0 Å². The summed E-state index contributed by atoms with van der Waals surface area (Å²) in [5, 5.41) is 13.9. The molecule has 0 aliphatic rings. The van der Waals surface area contributed by atoms with Crippen molar-refractivity contribution in [3.05, 3.63) is 32.8 Å². The molecule has 18 heavy (non-hydrogen) atoms. The van der Waals surface area contributed by atoms with Crippen LogP contribution in [-0.4, -0.2) is 17.8 Å². The molecule has 0 saturated carbocycles. The summed E-state index contributed by atoms with van der Waals surface area (Å²) < 4.78 is 0. The van der Waals surface area contributed by atoms with Crippen molar-refractivity contribution in [3.63, 3.8) is 0 Å². The number of hydrogen-bond acceptors (Lipinski definition) is 2. The second-order valence-electron chi connectivity index (χ2n) is 4.69. The average Bonchev–Trinajstić information content (AvgIpc) is 2.32. The van der Waals surface area contributed by atoms with E-state index in [1.165, 1.54) is 0 Å². The van der Waals surface area contributed by atoms with Crippen LogP contribution in [0.15, 0.2) is 12.1 Å². The summed E-state index contributed by atoms with van der Waals surface area (Å²) in [6.45, 7) is 6.17. The minimum absolute atomic E-state index is 0.00758. The predicted molar refractivity (Wildman–Crippen MR) is 78.7 cm³/mol. The first-order valence-electron chi connectivity index (χ1n) is 5.88. The molecule has 102 valence electrons. The average molecular weight is 311 g/mol. The number of hydrogen-bond donors (Lipinski definition) is 2. The highest BCUT2D eigenvalue weighted by atomic mass is 35.5. The second-order valence-corrected chi connectivity index (χ2v) is 5.85. The first-order chi connectivity index (χ1) is 8.38. The molecule has 0 amide bonds. The van der Waals surface area contributed by atoms with Gasteiger partial charge in [0.2, 0.25) is 0 Å². The maximum Gasteiger partial charge on any atom is 0.0781 e. The Kier molecular flexibility index (Phi) is 6.22. The van der Waals surface area contributed by atoms with Gasteiger partial charge in [-0.25, -0.2) is 0 Å². The van der Waals surface area contributed by atoms with Crippen LogP contribution >= 0.6 is 34.8 Å². The van der Waals surface area contributed by atoms with Crippen molar-refractivity contribution in [2.75, 3.05) is 6.61 Å². The Morgan fingerprint density at radius 3 is 2.22 bits per heavy atom. The number of aliphatic hydroxyl groups is 1. The second kappa shape index (κ2) is 6.97. The predicted octanol–water partition coefficient (Wildman–Crippen LogP) is 4.31. The molecule has 0 heterocycles. The Morgan fingerprint density at radius 1 is 1.11 bits per heavy atom. The van der Waals surface area contributed by atoms with E-state index in [1.54, 1.807) is 6.07 Å². The van der Waals surface area contributed by atoms with E-state index in [1.807, 2.05) is 13.0 Å². The molecule has 0 aliphatic carbocycles. The van der Waals surface area contributed by atoms with E-state index in [9.17, 15) is 5.11 Å². The van der Waals surface area contributed by atoms with E-state index >= 15 is 0 Å². The first kappa shape index (κ1) is 16.1. The van der Waals surface area contributed by atoms with Crippen molar-refractivity contribution < 1.29 is 5.11 Å². The molecule has 0 spiro atoms. The summed E-state index contributed by atoms with van der Waals surface area (Å²) >= 11 is 18.1. The van der Waals surface area contributed by atoms with Gasteiger partial charge in [-0.3, -0.25) is 0 Å². The maximum atomic E-state index is 9.32. The molecule has 0 aliphatic heterocycles. The third kappa shape index (κ3) is 3.75. The van der Waals surface area contributed by atoms with Gasteiger partial charge >= 0.3 is 0 Å². The number of benzene rings is 1. The first-order valence-corrected chi connectivity index (χ1v) is 7.02. The van der Waals surface area contributed by atoms with E-state index in [2.05, 4.69) is 19.2 Å². The molecule has 0 bridgehead atoms. The summed E-state index contributed by atoms with van der Waals surface area (Å²) in [6, 6.07) is 3.59. The van der Waals surface area contributed by atoms with Crippen molar-refractivity contribution in [1.29, 1.82) is 0 Å². The van der Waals surface area contributed by atoms with Gasteiger partial charge in [0.05, 0.1) is 21.7 Å². The lowest BCUT2D eigenvalue weighted by atomic mass is 10.0. The lowest BCUT2D eigenvalue weighted by Crippen LogP contribution is -2.38. The van der Waals surface area contributed by atoms with Crippen molar-refractivity contribution >= 4 is 34.8 Å². The van der Waals surface area contributed by atoms with Crippen LogP contribution in [-0.2, 0) is 0 Å². The van der Waals surface area contributed by atoms with Gasteiger partial charge < -0.3 is 10.4 Å². The molecule has 2 N–H and O–H groups in total. The fraction of sp³-hybridized carbons (Fsp3) is 0.538. The molecule has 1 rings (SSSR count). The number of nitrogens with one attached hydrogen (secondary N) is 1. The zero-order valence-electron chi connectivity index (χ0n) is 10.7.